The Morgan fingerprint density at radius 2 is 1.33 bits per heavy atom. The molecule has 0 bridgehead atoms. The first kappa shape index (κ1) is 21.5. The molecule has 1 aromatic heterocycles. The molecule has 30 heavy (non-hydrogen) atoms. The molecule has 1 heterocycles. The van der Waals surface area contributed by atoms with Crippen molar-refractivity contribution in [3.05, 3.63) is 59.0 Å². The van der Waals surface area contributed by atoms with Crippen molar-refractivity contribution >= 4 is 11.4 Å². The number of hydrogen-bond donors (Lipinski definition) is 2. The lowest BCUT2D eigenvalue weighted by Crippen LogP contribution is -2.33. The molecule has 0 aliphatic rings. The SMILES string of the molecule is CN(C)c1ccc(-c2nc(=O)n(CC(O)CO)nc2-c2ccc(N(C)C)cc2)cc1. The summed E-state index contributed by atoms with van der Waals surface area (Å²) in [5.41, 5.74) is 4.05. The molecule has 0 radical (unpaired) electrons. The normalized spacial score (nSPS) is 11.9. The molecule has 0 saturated heterocycles. The number of rotatable bonds is 7. The van der Waals surface area contributed by atoms with Crippen LogP contribution in [0.5, 0.6) is 0 Å². The van der Waals surface area contributed by atoms with E-state index >= 15 is 0 Å². The topological polar surface area (TPSA) is 94.7 Å². The van der Waals surface area contributed by atoms with Crippen LogP contribution in [0.3, 0.4) is 0 Å². The number of aliphatic hydroxyl groups is 2. The van der Waals surface area contributed by atoms with Crippen LogP contribution in [0.1, 0.15) is 0 Å². The van der Waals surface area contributed by atoms with Gasteiger partial charge in [-0.3, -0.25) is 0 Å². The van der Waals surface area contributed by atoms with E-state index in [0.717, 1.165) is 27.2 Å². The van der Waals surface area contributed by atoms with Gasteiger partial charge in [0.25, 0.3) is 0 Å². The van der Waals surface area contributed by atoms with Gasteiger partial charge in [-0.25, -0.2) is 9.48 Å². The Balaban J connectivity index is 2.14. The molecule has 0 aliphatic carbocycles. The lowest BCUT2D eigenvalue weighted by Gasteiger charge is -2.16. The Labute approximate surface area is 175 Å². The van der Waals surface area contributed by atoms with Crippen LogP contribution in [0, 0.1) is 0 Å². The average molecular weight is 409 g/mol. The number of aromatic nitrogens is 3. The number of nitrogens with zero attached hydrogens (tertiary/aromatic N) is 5. The van der Waals surface area contributed by atoms with E-state index in [-0.39, 0.29) is 6.54 Å². The molecule has 3 aromatic rings. The maximum Gasteiger partial charge on any atom is 0.364 e. The standard InChI is InChI=1S/C22H27N5O3/c1-25(2)17-9-5-15(6-10-17)20-21(16-7-11-18(12-8-16)26(3)4)24-27(22(30)23-20)13-19(29)14-28/h5-12,19,28-29H,13-14H2,1-4H3. The van der Waals surface area contributed by atoms with Crippen LogP contribution in [0.2, 0.25) is 0 Å². The minimum atomic E-state index is -1.09. The van der Waals surface area contributed by atoms with Crippen molar-refractivity contribution in [2.24, 2.45) is 0 Å². The molecule has 1 atom stereocenters. The molecular formula is C22H27N5O3. The van der Waals surface area contributed by atoms with Crippen molar-refractivity contribution in [2.45, 2.75) is 12.6 Å². The van der Waals surface area contributed by atoms with Crippen LogP contribution < -0.4 is 15.5 Å². The molecule has 2 aromatic carbocycles. The molecule has 0 aliphatic heterocycles. The van der Waals surface area contributed by atoms with Crippen molar-refractivity contribution in [1.82, 2.24) is 14.8 Å². The van der Waals surface area contributed by atoms with E-state index < -0.39 is 18.4 Å². The highest BCUT2D eigenvalue weighted by Crippen LogP contribution is 2.30. The van der Waals surface area contributed by atoms with Crippen molar-refractivity contribution in [3.8, 4) is 22.5 Å². The first-order valence-corrected chi connectivity index (χ1v) is 9.63. The summed E-state index contributed by atoms with van der Waals surface area (Å²) in [7, 11) is 7.84. The molecule has 2 N–H and O–H groups in total. The largest absolute Gasteiger partial charge is 0.394 e. The Kier molecular flexibility index (Phi) is 6.49. The van der Waals surface area contributed by atoms with E-state index in [0.29, 0.717) is 11.4 Å². The molecule has 0 amide bonds. The fourth-order valence-corrected chi connectivity index (χ4v) is 3.02. The molecule has 0 fully saturated rings. The highest BCUT2D eigenvalue weighted by Gasteiger charge is 2.17. The zero-order valence-electron chi connectivity index (χ0n) is 17.6. The second-order valence-electron chi connectivity index (χ2n) is 7.49. The lowest BCUT2D eigenvalue weighted by molar-refractivity contribution is 0.0766. The Bertz CT molecular complexity index is 1040. The van der Waals surface area contributed by atoms with E-state index in [1.54, 1.807) is 0 Å². The number of aliphatic hydroxyl groups excluding tert-OH is 2. The van der Waals surface area contributed by atoms with E-state index in [4.69, 9.17) is 5.11 Å². The van der Waals surface area contributed by atoms with Gasteiger partial charge in [-0.05, 0) is 24.3 Å². The lowest BCUT2D eigenvalue weighted by atomic mass is 10.0. The molecule has 8 heteroatoms. The molecule has 1 unspecified atom stereocenters. The molecular weight excluding hydrogens is 382 g/mol. The van der Waals surface area contributed by atoms with Crippen molar-refractivity contribution < 1.29 is 10.2 Å². The zero-order chi connectivity index (χ0) is 21.8. The van der Waals surface area contributed by atoms with E-state index in [1.165, 1.54) is 0 Å². The van der Waals surface area contributed by atoms with E-state index in [1.807, 2.05) is 86.5 Å². The van der Waals surface area contributed by atoms with Crippen LogP contribution >= 0.6 is 0 Å². The Morgan fingerprint density at radius 3 is 1.77 bits per heavy atom. The number of benzene rings is 2. The highest BCUT2D eigenvalue weighted by atomic mass is 16.3. The van der Waals surface area contributed by atoms with Gasteiger partial charge in [0, 0.05) is 50.7 Å². The summed E-state index contributed by atoms with van der Waals surface area (Å²) >= 11 is 0. The van der Waals surface area contributed by atoms with Crippen LogP contribution in [-0.2, 0) is 6.54 Å². The predicted molar refractivity (Wildman–Crippen MR) is 119 cm³/mol. The van der Waals surface area contributed by atoms with Crippen LogP contribution in [0.4, 0.5) is 11.4 Å². The van der Waals surface area contributed by atoms with Gasteiger partial charge in [0.1, 0.15) is 11.4 Å². The quantitative estimate of drug-likeness (QED) is 0.610. The predicted octanol–water partition coefficient (Wildman–Crippen LogP) is 1.46. The average Bonchev–Trinajstić information content (AvgIpc) is 2.74. The fourth-order valence-electron chi connectivity index (χ4n) is 3.02. The second kappa shape index (κ2) is 9.06. The maximum absolute atomic E-state index is 12.5. The first-order valence-electron chi connectivity index (χ1n) is 9.63. The van der Waals surface area contributed by atoms with Gasteiger partial charge < -0.3 is 20.0 Å². The van der Waals surface area contributed by atoms with Gasteiger partial charge in [-0.15, -0.1) is 0 Å². The van der Waals surface area contributed by atoms with Gasteiger partial charge in [-0.1, -0.05) is 24.3 Å². The first-order chi connectivity index (χ1) is 14.3. The summed E-state index contributed by atoms with van der Waals surface area (Å²) in [6.45, 7) is -0.598. The van der Waals surface area contributed by atoms with Crippen molar-refractivity contribution in [1.29, 1.82) is 0 Å². The molecule has 158 valence electrons. The van der Waals surface area contributed by atoms with Gasteiger partial charge in [0.05, 0.1) is 19.3 Å². The summed E-state index contributed by atoms with van der Waals surface area (Å²) in [4.78, 5) is 20.8. The zero-order valence-corrected chi connectivity index (χ0v) is 17.6. The Morgan fingerprint density at radius 1 is 0.867 bits per heavy atom. The fraction of sp³-hybridized carbons (Fsp3) is 0.318. The third kappa shape index (κ3) is 4.67. The van der Waals surface area contributed by atoms with Gasteiger partial charge in [0.2, 0.25) is 0 Å². The highest BCUT2D eigenvalue weighted by molar-refractivity contribution is 5.78. The molecule has 0 saturated carbocycles. The van der Waals surface area contributed by atoms with Crippen LogP contribution in [0.15, 0.2) is 53.3 Å². The van der Waals surface area contributed by atoms with Crippen LogP contribution in [0.25, 0.3) is 22.5 Å². The van der Waals surface area contributed by atoms with Gasteiger partial charge in [0.15, 0.2) is 0 Å². The third-order valence-corrected chi connectivity index (χ3v) is 4.78. The van der Waals surface area contributed by atoms with Gasteiger partial charge in [-0.2, -0.15) is 10.1 Å². The summed E-state index contributed by atoms with van der Waals surface area (Å²) in [5, 5.41) is 23.4. The minimum absolute atomic E-state index is 0.134. The third-order valence-electron chi connectivity index (χ3n) is 4.78. The van der Waals surface area contributed by atoms with E-state index in [9.17, 15) is 9.90 Å². The second-order valence-corrected chi connectivity index (χ2v) is 7.49. The summed E-state index contributed by atoms with van der Waals surface area (Å²) in [6.07, 6.45) is -1.09. The molecule has 3 rings (SSSR count). The Hall–Kier alpha value is -3.23. The minimum Gasteiger partial charge on any atom is -0.394 e. The van der Waals surface area contributed by atoms with Crippen molar-refractivity contribution in [3.63, 3.8) is 0 Å². The monoisotopic (exact) mass is 409 g/mol. The number of anilines is 2. The maximum atomic E-state index is 12.5. The summed E-state index contributed by atoms with van der Waals surface area (Å²) < 4.78 is 1.09. The molecule has 8 nitrogen and oxygen atoms in total. The van der Waals surface area contributed by atoms with E-state index in [2.05, 4.69) is 10.1 Å². The molecule has 0 spiro atoms. The summed E-state index contributed by atoms with van der Waals surface area (Å²) in [6, 6.07) is 15.5. The summed E-state index contributed by atoms with van der Waals surface area (Å²) in [5.74, 6) is 0. The van der Waals surface area contributed by atoms with Gasteiger partial charge >= 0.3 is 5.69 Å². The number of hydrogen-bond acceptors (Lipinski definition) is 7. The van der Waals surface area contributed by atoms with Crippen molar-refractivity contribution in [2.75, 3.05) is 44.6 Å². The smallest absolute Gasteiger partial charge is 0.364 e. The van der Waals surface area contributed by atoms with Crippen LogP contribution in [-0.4, -0.2) is 65.9 Å².